The highest BCUT2D eigenvalue weighted by atomic mass is 35.5. The Balaban J connectivity index is 2.25. The van der Waals surface area contributed by atoms with Crippen molar-refractivity contribution in [3.05, 3.63) is 45.5 Å². The number of benzene rings is 1. The van der Waals surface area contributed by atoms with Crippen LogP contribution in [0.25, 0.3) is 0 Å². The lowest BCUT2D eigenvalue weighted by atomic mass is 10.3. The van der Waals surface area contributed by atoms with Gasteiger partial charge in [-0.05, 0) is 25.1 Å². The Kier molecular flexibility index (Phi) is 4.75. The fourth-order valence-electron chi connectivity index (χ4n) is 1.41. The highest BCUT2D eigenvalue weighted by molar-refractivity contribution is 6.42. The van der Waals surface area contributed by atoms with Crippen molar-refractivity contribution in [3.8, 4) is 17.4 Å². The summed E-state index contributed by atoms with van der Waals surface area (Å²) in [6.45, 7) is 2.49. The number of hydrogen-bond acceptors (Lipinski definition) is 3. The lowest BCUT2D eigenvalue weighted by Crippen LogP contribution is -1.93. The first kappa shape index (κ1) is 14.3. The predicted molar refractivity (Wildman–Crippen MR) is 77.0 cm³/mol. The average Bonchev–Trinajstić information content (AvgIpc) is 2.37. The number of halogens is 3. The van der Waals surface area contributed by atoms with E-state index in [2.05, 4.69) is 4.98 Å². The Morgan fingerprint density at radius 3 is 2.53 bits per heavy atom. The molecule has 0 unspecified atom stereocenters. The summed E-state index contributed by atoms with van der Waals surface area (Å²) >= 11 is 17.6. The molecule has 0 aliphatic rings. The van der Waals surface area contributed by atoms with Crippen LogP contribution in [0.3, 0.4) is 0 Å². The van der Waals surface area contributed by atoms with Gasteiger partial charge in [0.1, 0.15) is 16.5 Å². The third-order valence-electron chi connectivity index (χ3n) is 2.19. The predicted octanol–water partition coefficient (Wildman–Crippen LogP) is 5.23. The topological polar surface area (TPSA) is 31.4 Å². The van der Waals surface area contributed by atoms with Gasteiger partial charge in [-0.15, -0.1) is 0 Å². The van der Waals surface area contributed by atoms with Crippen molar-refractivity contribution in [1.82, 2.24) is 4.98 Å². The summed E-state index contributed by atoms with van der Waals surface area (Å²) in [6, 6.07) is 8.64. The van der Waals surface area contributed by atoms with E-state index >= 15 is 0 Å². The van der Waals surface area contributed by atoms with Crippen LogP contribution in [0, 0.1) is 0 Å². The van der Waals surface area contributed by atoms with E-state index in [1.807, 2.05) is 19.1 Å². The minimum absolute atomic E-state index is 0.141. The fraction of sp³-hybridized carbons (Fsp3) is 0.154. The Labute approximate surface area is 126 Å². The molecule has 100 valence electrons. The molecule has 0 atom stereocenters. The van der Waals surface area contributed by atoms with Gasteiger partial charge in [0, 0.05) is 6.07 Å². The van der Waals surface area contributed by atoms with E-state index in [0.717, 1.165) is 0 Å². The van der Waals surface area contributed by atoms with Crippen molar-refractivity contribution >= 4 is 34.8 Å². The van der Waals surface area contributed by atoms with Crippen LogP contribution in [0.15, 0.2) is 30.3 Å². The summed E-state index contributed by atoms with van der Waals surface area (Å²) in [5.41, 5.74) is 0. The second kappa shape index (κ2) is 6.33. The summed E-state index contributed by atoms with van der Waals surface area (Å²) in [7, 11) is 0. The molecule has 0 spiro atoms. The first-order valence-electron chi connectivity index (χ1n) is 5.52. The molecule has 0 saturated heterocycles. The maximum atomic E-state index is 5.99. The van der Waals surface area contributed by atoms with E-state index in [4.69, 9.17) is 44.3 Å². The monoisotopic (exact) mass is 317 g/mol. The van der Waals surface area contributed by atoms with E-state index in [1.165, 1.54) is 6.07 Å². The molecular formula is C13H10Cl3NO2. The van der Waals surface area contributed by atoms with Crippen LogP contribution in [0.4, 0.5) is 0 Å². The second-order valence-corrected chi connectivity index (χ2v) is 4.73. The lowest BCUT2D eigenvalue weighted by molar-refractivity contribution is 0.338. The number of rotatable bonds is 4. The summed E-state index contributed by atoms with van der Waals surface area (Å²) < 4.78 is 10.9. The van der Waals surface area contributed by atoms with Crippen LogP contribution in [-0.4, -0.2) is 11.6 Å². The summed E-state index contributed by atoms with van der Waals surface area (Å²) in [5, 5.41) is 0.709. The molecule has 2 rings (SSSR count). The van der Waals surface area contributed by atoms with E-state index in [9.17, 15) is 0 Å². The molecule has 1 aromatic heterocycles. The fourth-order valence-corrected chi connectivity index (χ4v) is 1.93. The Morgan fingerprint density at radius 1 is 1.05 bits per heavy atom. The zero-order chi connectivity index (χ0) is 13.8. The lowest BCUT2D eigenvalue weighted by Gasteiger charge is -2.09. The Hall–Kier alpha value is -1.16. The van der Waals surface area contributed by atoms with E-state index in [1.54, 1.807) is 12.1 Å². The molecule has 1 heterocycles. The van der Waals surface area contributed by atoms with Crippen LogP contribution in [0.1, 0.15) is 6.92 Å². The van der Waals surface area contributed by atoms with Gasteiger partial charge in [0.15, 0.2) is 5.15 Å². The van der Waals surface area contributed by atoms with Gasteiger partial charge in [0.05, 0.1) is 11.6 Å². The van der Waals surface area contributed by atoms with Crippen molar-refractivity contribution in [3.63, 3.8) is 0 Å². The molecule has 0 aliphatic carbocycles. The Morgan fingerprint density at radius 2 is 1.79 bits per heavy atom. The van der Waals surface area contributed by atoms with Crippen LogP contribution in [-0.2, 0) is 0 Å². The van der Waals surface area contributed by atoms with Crippen molar-refractivity contribution in [2.24, 2.45) is 0 Å². The molecule has 3 nitrogen and oxygen atoms in total. The molecule has 0 amide bonds. The molecule has 0 saturated carbocycles. The molecule has 0 aliphatic heterocycles. The van der Waals surface area contributed by atoms with Crippen molar-refractivity contribution in [2.75, 3.05) is 6.61 Å². The maximum absolute atomic E-state index is 5.99. The smallest absolute Gasteiger partial charge is 0.239 e. The number of nitrogens with zero attached hydrogens (tertiary/aromatic N) is 1. The quantitative estimate of drug-likeness (QED) is 0.723. The number of aromatic nitrogens is 1. The van der Waals surface area contributed by atoms with Crippen LogP contribution in [0.2, 0.25) is 15.2 Å². The van der Waals surface area contributed by atoms with Gasteiger partial charge in [0.2, 0.25) is 5.88 Å². The number of hydrogen-bond donors (Lipinski definition) is 0. The SMILES string of the molecule is CCOc1cccc(Oc2nc(Cl)c(Cl)cc2Cl)c1. The van der Waals surface area contributed by atoms with Gasteiger partial charge in [-0.3, -0.25) is 0 Å². The molecule has 6 heteroatoms. The van der Waals surface area contributed by atoms with Crippen molar-refractivity contribution < 1.29 is 9.47 Å². The zero-order valence-corrected chi connectivity index (χ0v) is 12.3. The largest absolute Gasteiger partial charge is 0.494 e. The van der Waals surface area contributed by atoms with Gasteiger partial charge in [-0.2, -0.15) is 4.98 Å². The van der Waals surface area contributed by atoms with Gasteiger partial charge in [0.25, 0.3) is 0 Å². The number of ether oxygens (including phenoxy) is 2. The first-order valence-corrected chi connectivity index (χ1v) is 6.65. The molecule has 0 radical (unpaired) electrons. The van der Waals surface area contributed by atoms with Crippen LogP contribution < -0.4 is 9.47 Å². The summed E-state index contributed by atoms with van der Waals surface area (Å²) in [5.74, 6) is 1.46. The molecule has 0 bridgehead atoms. The van der Waals surface area contributed by atoms with Crippen LogP contribution >= 0.6 is 34.8 Å². The van der Waals surface area contributed by atoms with Gasteiger partial charge in [-0.1, -0.05) is 40.9 Å². The maximum Gasteiger partial charge on any atom is 0.239 e. The standard InChI is InChI=1S/C13H10Cl3NO2/c1-2-18-8-4-3-5-9(6-8)19-13-11(15)7-10(14)12(16)17-13/h3-7H,2H2,1H3. The summed E-state index contributed by atoms with van der Waals surface area (Å²) in [4.78, 5) is 3.98. The van der Waals surface area contributed by atoms with E-state index in [0.29, 0.717) is 18.1 Å². The van der Waals surface area contributed by atoms with Gasteiger partial charge in [-0.25, -0.2) is 0 Å². The number of pyridine rings is 1. The first-order chi connectivity index (χ1) is 9.10. The van der Waals surface area contributed by atoms with E-state index < -0.39 is 0 Å². The van der Waals surface area contributed by atoms with Gasteiger partial charge >= 0.3 is 0 Å². The van der Waals surface area contributed by atoms with Crippen molar-refractivity contribution in [1.29, 1.82) is 0 Å². The van der Waals surface area contributed by atoms with Crippen molar-refractivity contribution in [2.45, 2.75) is 6.92 Å². The minimum Gasteiger partial charge on any atom is -0.494 e. The highest BCUT2D eigenvalue weighted by Crippen LogP contribution is 2.33. The highest BCUT2D eigenvalue weighted by Gasteiger charge is 2.10. The second-order valence-electron chi connectivity index (χ2n) is 3.56. The minimum atomic E-state index is 0.141. The molecular weight excluding hydrogens is 309 g/mol. The molecule has 19 heavy (non-hydrogen) atoms. The molecule has 0 N–H and O–H groups in total. The average molecular weight is 319 g/mol. The Bertz CT molecular complexity index is 590. The third-order valence-corrected chi connectivity index (χ3v) is 3.13. The van der Waals surface area contributed by atoms with Gasteiger partial charge < -0.3 is 9.47 Å². The zero-order valence-electron chi connectivity index (χ0n) is 9.99. The molecule has 1 aromatic carbocycles. The normalized spacial score (nSPS) is 10.3. The molecule has 0 fully saturated rings. The third kappa shape index (κ3) is 3.66. The molecule has 2 aromatic rings. The van der Waals surface area contributed by atoms with Crippen LogP contribution in [0.5, 0.6) is 17.4 Å². The summed E-state index contributed by atoms with van der Waals surface area (Å²) in [6.07, 6.45) is 0. The van der Waals surface area contributed by atoms with E-state index in [-0.39, 0.29) is 21.1 Å².